The lowest BCUT2D eigenvalue weighted by molar-refractivity contribution is -0.141. The van der Waals surface area contributed by atoms with Crippen LogP contribution in [0.25, 0.3) is 0 Å². The van der Waals surface area contributed by atoms with Crippen molar-refractivity contribution in [2.24, 2.45) is 0 Å². The van der Waals surface area contributed by atoms with E-state index in [2.05, 4.69) is 10.3 Å². The van der Waals surface area contributed by atoms with Gasteiger partial charge in [0.1, 0.15) is 6.04 Å². The number of hydrogen-bond acceptors (Lipinski definition) is 4. The molecular weight excluding hydrogens is 457 g/mol. The van der Waals surface area contributed by atoms with E-state index in [1.165, 1.54) is 11.0 Å². The number of pyridine rings is 1. The highest BCUT2D eigenvalue weighted by Gasteiger charge is 2.39. The van der Waals surface area contributed by atoms with E-state index in [0.717, 1.165) is 23.4 Å². The Kier molecular flexibility index (Phi) is 7.45. The lowest BCUT2D eigenvalue weighted by Gasteiger charge is -2.39. The molecule has 4 rings (SSSR count). The maximum absolute atomic E-state index is 13.3. The summed E-state index contributed by atoms with van der Waals surface area (Å²) >= 11 is 0. The van der Waals surface area contributed by atoms with Crippen molar-refractivity contribution in [3.63, 3.8) is 0 Å². The molecule has 9 heteroatoms. The third-order valence-corrected chi connectivity index (χ3v) is 5.95. The van der Waals surface area contributed by atoms with Crippen molar-refractivity contribution in [1.82, 2.24) is 20.1 Å². The molecule has 0 saturated carbocycles. The number of carbonyl (C=O) groups excluding carboxylic acids is 2. The molecule has 1 N–H and O–H groups in total. The highest BCUT2D eigenvalue weighted by molar-refractivity contribution is 5.95. The lowest BCUT2D eigenvalue weighted by atomic mass is 10.0. The molecule has 1 aliphatic rings. The smallest absolute Gasteiger partial charge is 0.350 e. The number of nitrogens with zero attached hydrogens (tertiary/aromatic N) is 3. The van der Waals surface area contributed by atoms with Gasteiger partial charge in [-0.2, -0.15) is 13.2 Å². The molecule has 0 radical (unpaired) electrons. The van der Waals surface area contributed by atoms with Gasteiger partial charge in [-0.25, -0.2) is 0 Å². The number of benzene rings is 2. The lowest BCUT2D eigenvalue weighted by Crippen LogP contribution is -2.52. The summed E-state index contributed by atoms with van der Waals surface area (Å²) in [5.41, 5.74) is 0.132. The number of rotatable bonds is 6. The van der Waals surface area contributed by atoms with Crippen LogP contribution in [0.5, 0.6) is 0 Å². The monoisotopic (exact) mass is 482 g/mol. The van der Waals surface area contributed by atoms with Gasteiger partial charge in [-0.1, -0.05) is 60.7 Å². The highest BCUT2D eigenvalue weighted by atomic mass is 19.4. The number of alkyl halides is 3. The molecule has 0 aliphatic carbocycles. The summed E-state index contributed by atoms with van der Waals surface area (Å²) in [6.45, 7) is 1.45. The Morgan fingerprint density at radius 3 is 2.14 bits per heavy atom. The summed E-state index contributed by atoms with van der Waals surface area (Å²) in [7, 11) is 0. The summed E-state index contributed by atoms with van der Waals surface area (Å²) in [6, 6.07) is 20.8. The average Bonchev–Trinajstić information content (AvgIpc) is 2.88. The molecule has 1 atom stereocenters. The van der Waals surface area contributed by atoms with E-state index in [9.17, 15) is 22.8 Å². The van der Waals surface area contributed by atoms with E-state index < -0.39 is 29.4 Å². The molecule has 2 amide bonds. The van der Waals surface area contributed by atoms with E-state index in [1.807, 2.05) is 65.6 Å². The Morgan fingerprint density at radius 2 is 1.51 bits per heavy atom. The van der Waals surface area contributed by atoms with Crippen molar-refractivity contribution in [2.75, 3.05) is 26.2 Å². The fourth-order valence-electron chi connectivity index (χ4n) is 4.20. The molecule has 0 bridgehead atoms. The van der Waals surface area contributed by atoms with Crippen molar-refractivity contribution >= 4 is 11.8 Å². The van der Waals surface area contributed by atoms with Gasteiger partial charge in [0, 0.05) is 38.9 Å². The van der Waals surface area contributed by atoms with Crippen LogP contribution in [0.2, 0.25) is 0 Å². The molecule has 35 heavy (non-hydrogen) atoms. The first kappa shape index (κ1) is 24.4. The molecule has 0 spiro atoms. The van der Waals surface area contributed by atoms with Gasteiger partial charge < -0.3 is 10.2 Å². The number of carbonyl (C=O) groups is 2. The second-order valence-electron chi connectivity index (χ2n) is 8.24. The van der Waals surface area contributed by atoms with Crippen LogP contribution < -0.4 is 5.32 Å². The first-order valence-corrected chi connectivity index (χ1v) is 11.3. The number of hydrogen-bond donors (Lipinski definition) is 1. The van der Waals surface area contributed by atoms with Crippen molar-refractivity contribution in [2.45, 2.75) is 18.8 Å². The summed E-state index contributed by atoms with van der Waals surface area (Å²) in [5, 5.41) is 2.98. The molecule has 6 nitrogen and oxygen atoms in total. The van der Waals surface area contributed by atoms with Crippen LogP contribution in [0.4, 0.5) is 13.2 Å². The van der Waals surface area contributed by atoms with Gasteiger partial charge in [-0.3, -0.25) is 19.5 Å². The van der Waals surface area contributed by atoms with Gasteiger partial charge in [0.25, 0.3) is 5.91 Å². The standard InChI is InChI=1S/C26H25F3N4O2/c27-26(28,29)23-21(12-7-13-30-23)25(35)33-16-14-32(15-17-33)22(20-10-5-2-6-11-20)24(34)31-18-19-8-3-1-4-9-19/h1-13,22H,14-18H2,(H,31,34)/t22-/m0/s1. The first-order valence-electron chi connectivity index (χ1n) is 11.3. The van der Waals surface area contributed by atoms with Gasteiger partial charge in [0.15, 0.2) is 5.69 Å². The molecule has 3 aromatic rings. The second kappa shape index (κ2) is 10.7. The maximum atomic E-state index is 13.3. The van der Waals surface area contributed by atoms with E-state index in [4.69, 9.17) is 0 Å². The highest BCUT2D eigenvalue weighted by Crippen LogP contribution is 2.31. The zero-order valence-electron chi connectivity index (χ0n) is 18.9. The number of aromatic nitrogens is 1. The predicted octanol–water partition coefficient (Wildman–Crippen LogP) is 3.92. The minimum atomic E-state index is -4.72. The number of nitrogens with one attached hydrogen (secondary N) is 1. The fourth-order valence-corrected chi connectivity index (χ4v) is 4.20. The number of piperazine rings is 1. The summed E-state index contributed by atoms with van der Waals surface area (Å²) in [4.78, 5) is 32.9. The van der Waals surface area contributed by atoms with Crippen LogP contribution in [0.3, 0.4) is 0 Å². The van der Waals surface area contributed by atoms with Crippen molar-refractivity contribution in [1.29, 1.82) is 0 Å². The van der Waals surface area contributed by atoms with Gasteiger partial charge in [0.2, 0.25) is 5.91 Å². The molecular formula is C26H25F3N4O2. The van der Waals surface area contributed by atoms with E-state index >= 15 is 0 Å². The quantitative estimate of drug-likeness (QED) is 0.579. The third-order valence-electron chi connectivity index (χ3n) is 5.95. The van der Waals surface area contributed by atoms with Gasteiger partial charge in [-0.05, 0) is 23.3 Å². The van der Waals surface area contributed by atoms with Crippen LogP contribution in [0.1, 0.15) is 33.2 Å². The molecule has 1 fully saturated rings. The Hall–Kier alpha value is -3.72. The van der Waals surface area contributed by atoms with E-state index in [0.29, 0.717) is 19.6 Å². The zero-order chi connectivity index (χ0) is 24.8. The minimum Gasteiger partial charge on any atom is -0.350 e. The van der Waals surface area contributed by atoms with Gasteiger partial charge >= 0.3 is 6.18 Å². The molecule has 1 aromatic heterocycles. The van der Waals surface area contributed by atoms with Crippen LogP contribution in [0.15, 0.2) is 79.0 Å². The molecule has 2 heterocycles. The minimum absolute atomic E-state index is 0.175. The summed E-state index contributed by atoms with van der Waals surface area (Å²) in [6.07, 6.45) is -3.70. The van der Waals surface area contributed by atoms with Crippen LogP contribution >= 0.6 is 0 Å². The van der Waals surface area contributed by atoms with E-state index in [1.54, 1.807) is 0 Å². The maximum Gasteiger partial charge on any atom is 0.434 e. The topological polar surface area (TPSA) is 65.5 Å². The molecule has 2 aromatic carbocycles. The second-order valence-corrected chi connectivity index (χ2v) is 8.24. The molecule has 182 valence electrons. The Balaban J connectivity index is 1.47. The average molecular weight is 483 g/mol. The van der Waals surface area contributed by atoms with Gasteiger partial charge in [-0.15, -0.1) is 0 Å². The number of halogens is 3. The summed E-state index contributed by atoms with van der Waals surface area (Å²) < 4.78 is 40.0. The van der Waals surface area contributed by atoms with Gasteiger partial charge in [0.05, 0.1) is 5.56 Å². The fraction of sp³-hybridized carbons (Fsp3) is 0.269. The van der Waals surface area contributed by atoms with Crippen LogP contribution in [0, 0.1) is 0 Å². The van der Waals surface area contributed by atoms with Crippen molar-refractivity contribution in [3.8, 4) is 0 Å². The van der Waals surface area contributed by atoms with Crippen LogP contribution in [-0.4, -0.2) is 52.8 Å². The van der Waals surface area contributed by atoms with Crippen molar-refractivity contribution in [3.05, 3.63) is 101 Å². The third kappa shape index (κ3) is 5.86. The van der Waals surface area contributed by atoms with Crippen LogP contribution in [-0.2, 0) is 17.5 Å². The number of amides is 2. The SMILES string of the molecule is O=C(NCc1ccccc1)[C@H](c1ccccc1)N1CCN(C(=O)c2cccnc2C(F)(F)F)CC1. The van der Waals surface area contributed by atoms with Crippen molar-refractivity contribution < 1.29 is 22.8 Å². The normalized spacial score (nSPS) is 15.5. The Labute approximate surface area is 201 Å². The Morgan fingerprint density at radius 1 is 0.886 bits per heavy atom. The Bertz CT molecular complexity index is 1150. The largest absolute Gasteiger partial charge is 0.434 e. The van der Waals surface area contributed by atoms with E-state index in [-0.39, 0.29) is 19.0 Å². The predicted molar refractivity (Wildman–Crippen MR) is 124 cm³/mol. The zero-order valence-corrected chi connectivity index (χ0v) is 18.9. The first-order chi connectivity index (χ1) is 16.8. The molecule has 1 aliphatic heterocycles. The molecule has 0 unspecified atom stereocenters. The molecule has 1 saturated heterocycles. The summed E-state index contributed by atoms with van der Waals surface area (Å²) in [5.74, 6) is -0.888.